The summed E-state index contributed by atoms with van der Waals surface area (Å²) in [5.74, 6) is -3.87. The third-order valence-corrected chi connectivity index (χ3v) is 10.5. The van der Waals surface area contributed by atoms with Crippen LogP contribution in [0.5, 0.6) is 0 Å². The second kappa shape index (κ2) is 9.02. The number of aliphatic hydroxyl groups is 1. The Bertz CT molecular complexity index is 1440. The van der Waals surface area contributed by atoms with E-state index in [1.54, 1.807) is 4.90 Å². The number of fused-ring (bicyclic) bond motifs is 5. The number of rotatable bonds is 4. The van der Waals surface area contributed by atoms with Gasteiger partial charge in [-0.2, -0.15) is 0 Å². The maximum atomic E-state index is 14.3. The molecule has 7 atom stereocenters. The first kappa shape index (κ1) is 26.9. The Morgan fingerprint density at radius 2 is 2.00 bits per heavy atom. The quantitative estimate of drug-likeness (QED) is 0.525. The lowest BCUT2D eigenvalue weighted by Gasteiger charge is -2.49. The smallest absolute Gasteiger partial charge is 0.281 e. The molecule has 1 aliphatic carbocycles. The number of hydrogen-bond donors (Lipinski definition) is 3. The van der Waals surface area contributed by atoms with Gasteiger partial charge in [0.15, 0.2) is 0 Å². The highest BCUT2D eigenvalue weighted by molar-refractivity contribution is 5.98. The van der Waals surface area contributed by atoms with Gasteiger partial charge in [0.05, 0.1) is 5.92 Å². The van der Waals surface area contributed by atoms with Crippen LogP contribution < -0.4 is 5.32 Å². The van der Waals surface area contributed by atoms with Gasteiger partial charge in [-0.05, 0) is 55.8 Å². The first-order chi connectivity index (χ1) is 19.5. The molecule has 0 radical (unpaired) electrons. The van der Waals surface area contributed by atoms with Crippen molar-refractivity contribution < 1.29 is 24.2 Å². The molecule has 4 fully saturated rings. The predicted molar refractivity (Wildman–Crippen MR) is 151 cm³/mol. The number of piperazine rings is 1. The lowest BCUT2D eigenvalue weighted by Crippen LogP contribution is -2.72. The van der Waals surface area contributed by atoms with Crippen LogP contribution in [0.3, 0.4) is 0 Å². The van der Waals surface area contributed by atoms with Gasteiger partial charge in [-0.3, -0.25) is 24.0 Å². The SMILES string of the molecule is CC(C)[C@H]1C(=O)N2CCC[C@H]2[C@]2(O)O[C@](NC(=O)[C@H]3C[C@@H]4c5cccc6[nH]cc(c56)C[C@H]4N(C)C3)(C(C)C)C(=O)N12. The number of benzene rings is 1. The van der Waals surface area contributed by atoms with Crippen LogP contribution in [-0.4, -0.2) is 92.4 Å². The Balaban J connectivity index is 1.21. The second-order valence-electron chi connectivity index (χ2n) is 13.5. The highest BCUT2D eigenvalue weighted by Crippen LogP contribution is 2.49. The number of likely N-dealkylation sites (N-methyl/N-ethyl adjacent to an activating group) is 1. The van der Waals surface area contributed by atoms with Crippen LogP contribution in [0.15, 0.2) is 24.4 Å². The molecule has 1 aromatic heterocycles. The molecule has 4 saturated heterocycles. The summed E-state index contributed by atoms with van der Waals surface area (Å²) >= 11 is 0. The Hall–Kier alpha value is -2.95. The standard InChI is InChI=1S/C31H41N5O5/c1-16(2)26-28(38)35-11-7-10-24(35)31(40)36(26)29(39)30(41-31,17(3)4)33-27(37)19-12-21-20-8-6-9-22-25(20)18(14-32-22)13-23(21)34(5)15-19/h6,8-9,14,16-17,19,21,23-24,26,32,40H,7,10-13,15H2,1-5H3,(H,33,37)/t19-,21+,23+,24-,26-,30+,31-/m0/s1. The molecule has 4 aliphatic heterocycles. The van der Waals surface area contributed by atoms with Gasteiger partial charge in [-0.1, -0.05) is 39.8 Å². The number of H-pyrrole nitrogens is 1. The van der Waals surface area contributed by atoms with Crippen LogP contribution in [0.4, 0.5) is 0 Å². The minimum atomic E-state index is -1.99. The van der Waals surface area contributed by atoms with Crippen LogP contribution in [-0.2, 0) is 25.5 Å². The summed E-state index contributed by atoms with van der Waals surface area (Å²) in [7, 11) is 2.07. The van der Waals surface area contributed by atoms with Crippen LogP contribution in [0.1, 0.15) is 64.0 Å². The molecule has 2 aromatic rings. The number of nitrogens with zero attached hydrogens (tertiary/aromatic N) is 3. The van der Waals surface area contributed by atoms with Crippen LogP contribution in [0.2, 0.25) is 0 Å². The zero-order chi connectivity index (χ0) is 29.0. The van der Waals surface area contributed by atoms with E-state index in [1.165, 1.54) is 21.4 Å². The molecule has 41 heavy (non-hydrogen) atoms. The Labute approximate surface area is 240 Å². The van der Waals surface area contributed by atoms with E-state index in [4.69, 9.17) is 4.74 Å². The van der Waals surface area contributed by atoms with Crippen molar-refractivity contribution in [3.05, 3.63) is 35.5 Å². The first-order valence-corrected chi connectivity index (χ1v) is 15.2. The van der Waals surface area contributed by atoms with Crippen molar-refractivity contribution in [2.24, 2.45) is 17.8 Å². The van der Waals surface area contributed by atoms with Crippen molar-refractivity contribution in [2.45, 2.75) is 89.1 Å². The number of amides is 3. The van der Waals surface area contributed by atoms with Crippen molar-refractivity contribution in [3.8, 4) is 0 Å². The molecule has 0 spiro atoms. The van der Waals surface area contributed by atoms with Crippen molar-refractivity contribution in [1.82, 2.24) is 25.0 Å². The summed E-state index contributed by atoms with van der Waals surface area (Å²) in [6.45, 7) is 8.45. The summed E-state index contributed by atoms with van der Waals surface area (Å²) in [6, 6.07) is 5.10. The largest absolute Gasteiger partial charge is 0.361 e. The van der Waals surface area contributed by atoms with Gasteiger partial charge in [0, 0.05) is 48.1 Å². The predicted octanol–water partition coefficient (Wildman–Crippen LogP) is 2.13. The van der Waals surface area contributed by atoms with E-state index in [0.717, 1.165) is 18.4 Å². The number of hydrogen-bond acceptors (Lipinski definition) is 6. The highest BCUT2D eigenvalue weighted by atomic mass is 16.7. The fraction of sp³-hybridized carbons (Fsp3) is 0.645. The molecule has 7 rings (SSSR count). The zero-order valence-electron chi connectivity index (χ0n) is 24.5. The Morgan fingerprint density at radius 1 is 1.22 bits per heavy atom. The number of carbonyl (C=O) groups is 3. The molecular weight excluding hydrogens is 522 g/mol. The molecule has 1 aromatic carbocycles. The van der Waals surface area contributed by atoms with E-state index >= 15 is 0 Å². The Kier molecular flexibility index (Phi) is 5.92. The summed E-state index contributed by atoms with van der Waals surface area (Å²) in [5, 5.41) is 16.4. The molecule has 220 valence electrons. The molecule has 10 heteroatoms. The number of ether oxygens (including phenoxy) is 1. The molecule has 5 heterocycles. The van der Waals surface area contributed by atoms with E-state index in [-0.39, 0.29) is 35.6 Å². The lowest BCUT2D eigenvalue weighted by atomic mass is 9.72. The van der Waals surface area contributed by atoms with Crippen LogP contribution in [0.25, 0.3) is 10.9 Å². The maximum Gasteiger partial charge on any atom is 0.281 e. The molecule has 10 nitrogen and oxygen atoms in total. The number of aromatic amines is 1. The lowest BCUT2D eigenvalue weighted by molar-refractivity contribution is -0.323. The van der Waals surface area contributed by atoms with Gasteiger partial charge in [-0.15, -0.1) is 0 Å². The van der Waals surface area contributed by atoms with E-state index in [2.05, 4.69) is 46.6 Å². The van der Waals surface area contributed by atoms with Crippen molar-refractivity contribution >= 4 is 28.6 Å². The zero-order valence-corrected chi connectivity index (χ0v) is 24.5. The number of carbonyl (C=O) groups excluding carboxylic acids is 3. The Morgan fingerprint density at radius 3 is 2.73 bits per heavy atom. The molecule has 3 amide bonds. The van der Waals surface area contributed by atoms with Gasteiger partial charge < -0.3 is 25.2 Å². The summed E-state index contributed by atoms with van der Waals surface area (Å²) in [4.78, 5) is 50.6. The normalized spacial score (nSPS) is 36.7. The molecule has 5 aliphatic rings. The van der Waals surface area contributed by atoms with Gasteiger partial charge in [0.2, 0.25) is 17.5 Å². The first-order valence-electron chi connectivity index (χ1n) is 15.2. The van der Waals surface area contributed by atoms with Gasteiger partial charge in [-0.25, -0.2) is 0 Å². The molecule has 0 bridgehead atoms. The van der Waals surface area contributed by atoms with Gasteiger partial charge in [0.1, 0.15) is 12.1 Å². The van der Waals surface area contributed by atoms with Crippen molar-refractivity contribution in [2.75, 3.05) is 20.1 Å². The fourth-order valence-corrected chi connectivity index (χ4v) is 8.50. The average Bonchev–Trinajstić information content (AvgIpc) is 3.64. The number of nitrogens with one attached hydrogen (secondary N) is 2. The van der Waals surface area contributed by atoms with Crippen molar-refractivity contribution in [1.29, 1.82) is 0 Å². The highest BCUT2D eigenvalue weighted by Gasteiger charge is 2.72. The van der Waals surface area contributed by atoms with E-state index in [9.17, 15) is 19.5 Å². The third kappa shape index (κ3) is 3.56. The van der Waals surface area contributed by atoms with Gasteiger partial charge >= 0.3 is 0 Å². The molecular formula is C31H41N5O5. The van der Waals surface area contributed by atoms with E-state index in [1.807, 2.05) is 27.7 Å². The topological polar surface area (TPSA) is 118 Å². The second-order valence-corrected chi connectivity index (χ2v) is 13.5. The van der Waals surface area contributed by atoms with Crippen LogP contribution >= 0.6 is 0 Å². The van der Waals surface area contributed by atoms with E-state index in [0.29, 0.717) is 25.9 Å². The summed E-state index contributed by atoms with van der Waals surface area (Å²) in [5.41, 5.74) is 1.93. The van der Waals surface area contributed by atoms with Crippen molar-refractivity contribution in [3.63, 3.8) is 0 Å². The minimum Gasteiger partial charge on any atom is -0.361 e. The summed E-state index contributed by atoms with van der Waals surface area (Å²) < 4.78 is 6.42. The number of aromatic nitrogens is 1. The molecule has 3 N–H and O–H groups in total. The number of likely N-dealkylation sites (tertiary alicyclic amines) is 1. The third-order valence-electron chi connectivity index (χ3n) is 10.5. The van der Waals surface area contributed by atoms with Gasteiger partial charge in [0.25, 0.3) is 11.8 Å². The molecule has 0 unspecified atom stereocenters. The number of piperidine rings is 1. The van der Waals surface area contributed by atoms with Crippen LogP contribution in [0, 0.1) is 17.8 Å². The monoisotopic (exact) mass is 563 g/mol. The van der Waals surface area contributed by atoms with E-state index < -0.39 is 35.5 Å². The fourth-order valence-electron chi connectivity index (χ4n) is 8.50. The maximum absolute atomic E-state index is 14.3. The minimum absolute atomic E-state index is 0.162. The molecule has 0 saturated carbocycles. The summed E-state index contributed by atoms with van der Waals surface area (Å²) in [6.07, 6.45) is 4.94. The average molecular weight is 564 g/mol.